The van der Waals surface area contributed by atoms with Crippen LogP contribution in [-0.4, -0.2) is 32.0 Å². The summed E-state index contributed by atoms with van der Waals surface area (Å²) in [6, 6.07) is 10.1. The van der Waals surface area contributed by atoms with E-state index < -0.39 is 23.6 Å². The SMILES string of the molecule is Nc1nn(-c2ccc(C(F)(F)F)cc2)nc1C(=O)NCc1ccc(C(=O)NO)cc1. The number of amides is 2. The van der Waals surface area contributed by atoms with Crippen molar-refractivity contribution >= 4 is 17.6 Å². The van der Waals surface area contributed by atoms with E-state index in [1.54, 1.807) is 12.1 Å². The summed E-state index contributed by atoms with van der Waals surface area (Å²) < 4.78 is 38.0. The number of aromatic nitrogens is 3. The van der Waals surface area contributed by atoms with E-state index in [4.69, 9.17) is 10.9 Å². The van der Waals surface area contributed by atoms with Crippen molar-refractivity contribution in [2.24, 2.45) is 0 Å². The van der Waals surface area contributed by atoms with E-state index >= 15 is 0 Å². The molecule has 12 heteroatoms. The minimum Gasteiger partial charge on any atom is -0.380 e. The number of alkyl halides is 3. The maximum atomic E-state index is 12.7. The molecule has 156 valence electrons. The van der Waals surface area contributed by atoms with Crippen LogP contribution in [0.4, 0.5) is 19.0 Å². The van der Waals surface area contributed by atoms with Crippen molar-refractivity contribution in [3.8, 4) is 5.69 Å². The third kappa shape index (κ3) is 4.55. The molecule has 0 unspecified atom stereocenters. The smallest absolute Gasteiger partial charge is 0.380 e. The normalized spacial score (nSPS) is 11.2. The van der Waals surface area contributed by atoms with Gasteiger partial charge in [0.1, 0.15) is 0 Å². The molecule has 3 aromatic rings. The van der Waals surface area contributed by atoms with Crippen LogP contribution < -0.4 is 16.5 Å². The van der Waals surface area contributed by atoms with Crippen LogP contribution >= 0.6 is 0 Å². The Morgan fingerprint density at radius 3 is 2.20 bits per heavy atom. The number of carbonyl (C=O) groups is 2. The van der Waals surface area contributed by atoms with Crippen LogP contribution in [0.2, 0.25) is 0 Å². The van der Waals surface area contributed by atoms with Crippen LogP contribution in [0.5, 0.6) is 0 Å². The number of nitrogen functional groups attached to an aromatic ring is 1. The van der Waals surface area contributed by atoms with Crippen molar-refractivity contribution in [2.45, 2.75) is 12.7 Å². The molecule has 0 saturated heterocycles. The van der Waals surface area contributed by atoms with Crippen LogP contribution in [0.25, 0.3) is 5.69 Å². The summed E-state index contributed by atoms with van der Waals surface area (Å²) in [6.07, 6.45) is -4.47. The Balaban J connectivity index is 1.69. The van der Waals surface area contributed by atoms with E-state index in [9.17, 15) is 22.8 Å². The zero-order valence-corrected chi connectivity index (χ0v) is 15.1. The molecule has 0 aliphatic rings. The number of anilines is 1. The first-order valence-corrected chi connectivity index (χ1v) is 8.41. The van der Waals surface area contributed by atoms with E-state index in [1.165, 1.54) is 17.6 Å². The van der Waals surface area contributed by atoms with E-state index in [-0.39, 0.29) is 29.3 Å². The highest BCUT2D eigenvalue weighted by atomic mass is 19.4. The van der Waals surface area contributed by atoms with Crippen molar-refractivity contribution in [3.05, 3.63) is 70.9 Å². The third-order valence-corrected chi connectivity index (χ3v) is 4.05. The van der Waals surface area contributed by atoms with Gasteiger partial charge >= 0.3 is 6.18 Å². The quantitative estimate of drug-likeness (QED) is 0.368. The van der Waals surface area contributed by atoms with Gasteiger partial charge in [0.15, 0.2) is 11.5 Å². The van der Waals surface area contributed by atoms with Gasteiger partial charge in [-0.1, -0.05) is 12.1 Å². The first kappa shape index (κ1) is 20.8. The Kier molecular flexibility index (Phi) is 5.69. The summed E-state index contributed by atoms with van der Waals surface area (Å²) in [7, 11) is 0. The summed E-state index contributed by atoms with van der Waals surface area (Å²) in [5.74, 6) is -1.50. The average Bonchev–Trinajstić information content (AvgIpc) is 3.13. The summed E-state index contributed by atoms with van der Waals surface area (Å²) in [4.78, 5) is 24.6. The van der Waals surface area contributed by atoms with Crippen molar-refractivity contribution in [1.29, 1.82) is 0 Å². The lowest BCUT2D eigenvalue weighted by Crippen LogP contribution is -2.24. The van der Waals surface area contributed by atoms with E-state index in [0.717, 1.165) is 29.1 Å². The number of benzene rings is 2. The fourth-order valence-electron chi connectivity index (χ4n) is 2.48. The zero-order chi connectivity index (χ0) is 21.9. The lowest BCUT2D eigenvalue weighted by Gasteiger charge is -2.07. The number of halogens is 3. The molecule has 0 saturated carbocycles. The topological polar surface area (TPSA) is 135 Å². The number of rotatable bonds is 5. The van der Waals surface area contributed by atoms with E-state index in [2.05, 4.69) is 15.5 Å². The van der Waals surface area contributed by atoms with Gasteiger partial charge < -0.3 is 11.1 Å². The second kappa shape index (κ2) is 8.21. The van der Waals surface area contributed by atoms with Gasteiger partial charge in [-0.25, -0.2) is 5.48 Å². The molecular formula is C18H15F3N6O3. The highest BCUT2D eigenvalue weighted by Crippen LogP contribution is 2.29. The number of hydrogen-bond acceptors (Lipinski definition) is 6. The van der Waals surface area contributed by atoms with Gasteiger partial charge in [0, 0.05) is 12.1 Å². The van der Waals surface area contributed by atoms with Crippen LogP contribution in [0, 0.1) is 0 Å². The minimum atomic E-state index is -4.47. The molecule has 0 spiro atoms. The number of carbonyl (C=O) groups excluding carboxylic acids is 2. The molecule has 0 aliphatic carbocycles. The van der Waals surface area contributed by atoms with E-state index in [1.807, 2.05) is 0 Å². The summed E-state index contributed by atoms with van der Waals surface area (Å²) in [5.41, 5.74) is 7.30. The van der Waals surface area contributed by atoms with Crippen LogP contribution in [0.3, 0.4) is 0 Å². The molecule has 0 radical (unpaired) electrons. The first-order valence-electron chi connectivity index (χ1n) is 8.41. The lowest BCUT2D eigenvalue weighted by molar-refractivity contribution is -0.137. The van der Waals surface area contributed by atoms with Crippen LogP contribution in [0.15, 0.2) is 48.5 Å². The van der Waals surface area contributed by atoms with E-state index in [0.29, 0.717) is 5.56 Å². The Bertz CT molecular complexity index is 1060. The van der Waals surface area contributed by atoms with Crippen LogP contribution in [0.1, 0.15) is 32.0 Å². The molecule has 2 amide bonds. The Morgan fingerprint density at radius 2 is 1.63 bits per heavy atom. The van der Waals surface area contributed by atoms with Gasteiger partial charge in [0.05, 0.1) is 11.3 Å². The molecule has 2 aromatic carbocycles. The van der Waals surface area contributed by atoms with Crippen molar-refractivity contribution in [3.63, 3.8) is 0 Å². The maximum absolute atomic E-state index is 12.7. The molecule has 3 rings (SSSR count). The Morgan fingerprint density at radius 1 is 1.00 bits per heavy atom. The van der Waals surface area contributed by atoms with Gasteiger partial charge in [-0.05, 0) is 42.0 Å². The Labute approximate surface area is 167 Å². The number of hydrogen-bond donors (Lipinski definition) is 4. The average molecular weight is 420 g/mol. The fraction of sp³-hybridized carbons (Fsp3) is 0.111. The molecule has 0 fully saturated rings. The molecule has 9 nitrogen and oxygen atoms in total. The second-order valence-electron chi connectivity index (χ2n) is 6.09. The molecular weight excluding hydrogens is 405 g/mol. The number of hydroxylamine groups is 1. The minimum absolute atomic E-state index is 0.0897. The zero-order valence-electron chi connectivity index (χ0n) is 15.1. The number of nitrogens with two attached hydrogens (primary N) is 1. The fourth-order valence-corrected chi connectivity index (χ4v) is 2.48. The first-order chi connectivity index (χ1) is 14.2. The monoisotopic (exact) mass is 420 g/mol. The molecule has 1 heterocycles. The largest absolute Gasteiger partial charge is 0.416 e. The predicted molar refractivity (Wildman–Crippen MR) is 97.6 cm³/mol. The molecule has 0 atom stereocenters. The van der Waals surface area contributed by atoms with Crippen molar-refractivity contribution in [2.75, 3.05) is 5.73 Å². The van der Waals surface area contributed by atoms with Crippen LogP contribution in [-0.2, 0) is 12.7 Å². The standard InChI is InChI=1S/C18H15F3N6O3/c19-18(20,21)12-5-7-13(8-6-12)27-24-14(15(22)25-27)17(29)23-9-10-1-3-11(4-2-10)16(28)26-30/h1-8,30H,9H2,(H2,22,25)(H,23,29)(H,26,28). The molecule has 30 heavy (non-hydrogen) atoms. The molecule has 5 N–H and O–H groups in total. The van der Waals surface area contributed by atoms with Crippen molar-refractivity contribution < 1.29 is 28.0 Å². The predicted octanol–water partition coefficient (Wildman–Crippen LogP) is 1.92. The number of nitrogens with zero attached hydrogens (tertiary/aromatic N) is 3. The van der Waals surface area contributed by atoms with Gasteiger partial charge in [-0.2, -0.15) is 13.2 Å². The molecule has 1 aromatic heterocycles. The maximum Gasteiger partial charge on any atom is 0.416 e. The van der Waals surface area contributed by atoms with Gasteiger partial charge in [0.25, 0.3) is 11.8 Å². The summed E-state index contributed by atoms with van der Waals surface area (Å²) >= 11 is 0. The van der Waals surface area contributed by atoms with Crippen molar-refractivity contribution in [1.82, 2.24) is 25.8 Å². The number of nitrogens with one attached hydrogen (secondary N) is 2. The molecule has 0 aliphatic heterocycles. The Hall–Kier alpha value is -3.93. The second-order valence-corrected chi connectivity index (χ2v) is 6.09. The van der Waals surface area contributed by atoms with Gasteiger partial charge in [0.2, 0.25) is 0 Å². The lowest BCUT2D eigenvalue weighted by atomic mass is 10.1. The summed E-state index contributed by atoms with van der Waals surface area (Å²) in [5, 5.41) is 19.0. The molecule has 0 bridgehead atoms. The highest BCUT2D eigenvalue weighted by molar-refractivity contribution is 5.96. The third-order valence-electron chi connectivity index (χ3n) is 4.05. The highest BCUT2D eigenvalue weighted by Gasteiger charge is 2.30. The van der Waals surface area contributed by atoms with Gasteiger partial charge in [-0.15, -0.1) is 15.0 Å². The van der Waals surface area contributed by atoms with Gasteiger partial charge in [-0.3, -0.25) is 14.8 Å². The summed E-state index contributed by atoms with van der Waals surface area (Å²) in [6.45, 7) is 0.0897.